The van der Waals surface area contributed by atoms with E-state index in [9.17, 15) is 30.6 Å². The average molecular weight is 508 g/mol. The number of hydrogen-bond acceptors (Lipinski definition) is 6. The molecule has 30 heavy (non-hydrogen) atoms. The molecule has 0 aliphatic carbocycles. The molecule has 0 N–H and O–H groups in total. The van der Waals surface area contributed by atoms with Gasteiger partial charge in [0.1, 0.15) is 0 Å². The normalized spacial score (nSPS) is 16.2. The molecule has 0 bridgehead atoms. The van der Waals surface area contributed by atoms with Crippen molar-refractivity contribution in [3.05, 3.63) is 0 Å². The minimum absolute atomic E-state index is 0. The molecule has 6 atom stereocenters. The van der Waals surface area contributed by atoms with Crippen molar-refractivity contribution < 1.29 is 78.7 Å². The monoisotopic (exact) mass is 508 g/mol. The SMILES string of the molecule is CC[C@H]([O-])C([C@@H]([O-])CC)[C@@H]([O-])CC.CC[C@H]([O-])C([C@@H]([O-])CC)[C@@H]([O-])CC.[O-2].[O-2].[V].[V]. The van der Waals surface area contributed by atoms with Gasteiger partial charge in [0.2, 0.25) is 0 Å². The standard InChI is InChI=1S/2C10H19O3.2O.2V/c2*1-4-7(11)10(8(12)5-2)9(13)6-3;;;;/h2*7-10H,4-6H2,1-3H3;;;;/q2*-3;2*-2;;/t2*7-,8-,9-;;;;/m00..../s1. The molecular weight excluding hydrogens is 470 g/mol. The van der Waals surface area contributed by atoms with E-state index in [1.165, 1.54) is 0 Å². The Morgan fingerprint density at radius 1 is 0.367 bits per heavy atom. The fraction of sp³-hybridized carbons (Fsp3) is 1.00. The molecule has 0 aliphatic rings. The summed E-state index contributed by atoms with van der Waals surface area (Å²) in [6.07, 6.45) is -3.63. The number of rotatable bonds is 12. The molecule has 8 nitrogen and oxygen atoms in total. The van der Waals surface area contributed by atoms with Gasteiger partial charge in [0, 0.05) is 37.1 Å². The van der Waals surface area contributed by atoms with Crippen molar-refractivity contribution in [2.75, 3.05) is 0 Å². The van der Waals surface area contributed by atoms with Gasteiger partial charge in [0.05, 0.1) is 0 Å². The maximum Gasteiger partial charge on any atom is 0 e. The van der Waals surface area contributed by atoms with Crippen LogP contribution >= 0.6 is 0 Å². The fourth-order valence-corrected chi connectivity index (χ4v) is 3.07. The molecule has 0 saturated heterocycles. The third kappa shape index (κ3) is 16.5. The Labute approximate surface area is 206 Å². The molecule has 0 aromatic rings. The van der Waals surface area contributed by atoms with Gasteiger partial charge in [-0.05, 0) is 0 Å². The quantitative estimate of drug-likeness (QED) is 0.287. The Balaban J connectivity index is -0.0000000847. The molecule has 0 aromatic carbocycles. The van der Waals surface area contributed by atoms with Crippen LogP contribution in [0.3, 0.4) is 0 Å². The maximum absolute atomic E-state index is 11.4. The van der Waals surface area contributed by atoms with Crippen molar-refractivity contribution >= 4 is 0 Å². The predicted octanol–water partition coefficient (Wildman–Crippen LogP) is -2.20. The van der Waals surface area contributed by atoms with Crippen molar-refractivity contribution in [3.63, 3.8) is 0 Å². The summed E-state index contributed by atoms with van der Waals surface area (Å²) in [5, 5.41) is 68.4. The summed E-state index contributed by atoms with van der Waals surface area (Å²) in [5.74, 6) is -1.47. The minimum atomic E-state index is -0.982. The molecule has 0 saturated carbocycles. The van der Waals surface area contributed by atoms with Crippen LogP contribution in [0.15, 0.2) is 0 Å². The molecule has 0 unspecified atom stereocenters. The molecule has 0 aromatic heterocycles. The molecule has 0 amide bonds. The van der Waals surface area contributed by atoms with Gasteiger partial charge in [-0.25, -0.2) is 0 Å². The third-order valence-corrected chi connectivity index (χ3v) is 4.99. The smallest absolute Gasteiger partial charge is 0 e. The van der Waals surface area contributed by atoms with Gasteiger partial charge in [0.15, 0.2) is 0 Å². The van der Waals surface area contributed by atoms with Crippen LogP contribution in [0.1, 0.15) is 80.1 Å². The molecule has 0 spiro atoms. The van der Waals surface area contributed by atoms with E-state index in [0.717, 1.165) is 0 Å². The molecular formula is C20H38O8V2-10. The Morgan fingerprint density at radius 2 is 0.467 bits per heavy atom. The second-order valence-corrected chi connectivity index (χ2v) is 6.83. The maximum atomic E-state index is 11.4. The van der Waals surface area contributed by atoms with E-state index in [1.54, 1.807) is 41.5 Å². The molecule has 10 heteroatoms. The Hall–Kier alpha value is 0.849. The summed E-state index contributed by atoms with van der Waals surface area (Å²) in [6.45, 7) is 10.4. The van der Waals surface area contributed by atoms with E-state index in [0.29, 0.717) is 38.5 Å². The van der Waals surface area contributed by atoms with E-state index in [2.05, 4.69) is 0 Å². The Kier molecular flexibility index (Phi) is 38.7. The zero-order valence-corrected chi connectivity index (χ0v) is 21.8. The first-order chi connectivity index (χ1) is 12.2. The van der Waals surface area contributed by atoms with Gasteiger partial charge < -0.3 is 41.6 Å². The van der Waals surface area contributed by atoms with E-state index < -0.39 is 48.5 Å². The predicted molar refractivity (Wildman–Crippen MR) is 92.8 cm³/mol. The zero-order chi connectivity index (χ0) is 20.9. The third-order valence-electron chi connectivity index (χ3n) is 4.99. The van der Waals surface area contributed by atoms with Gasteiger partial charge in [-0.3, -0.25) is 0 Å². The number of hydrogen-bond donors (Lipinski definition) is 0. The molecule has 0 rings (SSSR count). The summed E-state index contributed by atoms with van der Waals surface area (Å²) < 4.78 is 0. The second kappa shape index (κ2) is 26.1. The summed E-state index contributed by atoms with van der Waals surface area (Å²) in [5.41, 5.74) is 0. The topological polar surface area (TPSA) is 195 Å². The van der Waals surface area contributed by atoms with Crippen molar-refractivity contribution in [1.82, 2.24) is 0 Å². The van der Waals surface area contributed by atoms with Crippen LogP contribution in [-0.2, 0) is 48.1 Å². The van der Waals surface area contributed by atoms with Crippen LogP contribution in [0.2, 0.25) is 0 Å². The van der Waals surface area contributed by atoms with Gasteiger partial charge in [-0.2, -0.15) is 0 Å². The van der Waals surface area contributed by atoms with Crippen LogP contribution in [0.4, 0.5) is 0 Å². The zero-order valence-electron chi connectivity index (χ0n) is 19.0. The summed E-state index contributed by atoms with van der Waals surface area (Å²) in [6, 6.07) is 0. The van der Waals surface area contributed by atoms with Crippen LogP contribution < -0.4 is 30.6 Å². The van der Waals surface area contributed by atoms with E-state index >= 15 is 0 Å². The average Bonchev–Trinajstić information content (AvgIpc) is 2.67. The van der Waals surface area contributed by atoms with Crippen LogP contribution in [0, 0.1) is 11.8 Å². The van der Waals surface area contributed by atoms with Crippen molar-refractivity contribution in [1.29, 1.82) is 0 Å². The van der Waals surface area contributed by atoms with Crippen LogP contribution in [0.5, 0.6) is 0 Å². The minimum Gasteiger partial charge on any atom is -2.00 e. The van der Waals surface area contributed by atoms with Gasteiger partial charge in [-0.1, -0.05) is 91.9 Å². The molecule has 2 radical (unpaired) electrons. The van der Waals surface area contributed by atoms with Gasteiger partial charge >= 0.3 is 0 Å². The van der Waals surface area contributed by atoms with E-state index in [-0.39, 0.29) is 48.1 Å². The molecule has 0 fully saturated rings. The molecule has 0 heterocycles. The van der Waals surface area contributed by atoms with Crippen LogP contribution in [0.25, 0.3) is 0 Å². The van der Waals surface area contributed by atoms with E-state index in [4.69, 9.17) is 0 Å². The Bertz CT molecular complexity index is 252. The second-order valence-electron chi connectivity index (χ2n) is 6.83. The molecule has 0 aliphatic heterocycles. The first-order valence-electron chi connectivity index (χ1n) is 10.1. The largest absolute Gasteiger partial charge is 2.00 e. The summed E-state index contributed by atoms with van der Waals surface area (Å²) >= 11 is 0. The van der Waals surface area contributed by atoms with Gasteiger partial charge in [0.25, 0.3) is 0 Å². The Morgan fingerprint density at radius 3 is 0.533 bits per heavy atom. The van der Waals surface area contributed by atoms with Crippen molar-refractivity contribution in [2.45, 2.75) is 117 Å². The summed E-state index contributed by atoms with van der Waals surface area (Å²) in [4.78, 5) is 0. The van der Waals surface area contributed by atoms with E-state index in [1.807, 2.05) is 0 Å². The fourth-order valence-electron chi connectivity index (χ4n) is 3.07. The van der Waals surface area contributed by atoms with Gasteiger partial charge in [-0.15, -0.1) is 36.6 Å². The first kappa shape index (κ1) is 44.5. The van der Waals surface area contributed by atoms with Crippen LogP contribution in [-0.4, -0.2) is 36.6 Å². The summed E-state index contributed by atoms with van der Waals surface area (Å²) in [7, 11) is 0. The first-order valence-corrected chi connectivity index (χ1v) is 10.1. The molecule has 186 valence electrons. The van der Waals surface area contributed by atoms with Crippen molar-refractivity contribution in [2.24, 2.45) is 11.8 Å². The van der Waals surface area contributed by atoms with Crippen molar-refractivity contribution in [3.8, 4) is 0 Å².